The number of amides is 1. The molecule has 0 bridgehead atoms. The van der Waals surface area contributed by atoms with Crippen LogP contribution in [0.4, 0.5) is 0 Å². The molecule has 3 N–H and O–H groups in total. The van der Waals surface area contributed by atoms with Gasteiger partial charge in [0.2, 0.25) is 5.91 Å². The number of nitrogens with one attached hydrogen (secondary N) is 1. The Hall–Kier alpha value is -1.36. The lowest BCUT2D eigenvalue weighted by Crippen LogP contribution is -2.37. The first kappa shape index (κ1) is 12.4. The number of carbonyl (C=O) groups excluding carboxylic acids is 1. The van der Waals surface area contributed by atoms with E-state index in [0.29, 0.717) is 23.8 Å². The second-order valence-electron chi connectivity index (χ2n) is 6.66. The van der Waals surface area contributed by atoms with Crippen LogP contribution in [-0.4, -0.2) is 40.1 Å². The maximum absolute atomic E-state index is 12.8. The van der Waals surface area contributed by atoms with Gasteiger partial charge in [0.05, 0.1) is 12.1 Å². The number of aromatic amines is 1. The molecule has 2 fully saturated rings. The fourth-order valence-electron chi connectivity index (χ4n) is 4.43. The van der Waals surface area contributed by atoms with Gasteiger partial charge in [-0.05, 0) is 43.9 Å². The van der Waals surface area contributed by atoms with Crippen LogP contribution in [0, 0.1) is 11.8 Å². The van der Waals surface area contributed by atoms with E-state index in [2.05, 4.69) is 15.1 Å². The van der Waals surface area contributed by atoms with Gasteiger partial charge in [0.15, 0.2) is 0 Å². The first-order valence-electron chi connectivity index (χ1n) is 7.80. The molecule has 1 aromatic rings. The molecule has 1 amide bonds. The topological polar surface area (TPSA) is 75.0 Å². The van der Waals surface area contributed by atoms with Gasteiger partial charge in [-0.2, -0.15) is 5.10 Å². The first-order chi connectivity index (χ1) is 9.74. The third-order valence-corrected chi connectivity index (χ3v) is 5.57. The van der Waals surface area contributed by atoms with Gasteiger partial charge in [0.25, 0.3) is 0 Å². The van der Waals surface area contributed by atoms with Gasteiger partial charge in [0.1, 0.15) is 0 Å². The molecule has 4 unspecified atom stereocenters. The van der Waals surface area contributed by atoms with Gasteiger partial charge in [0, 0.05) is 30.4 Å². The summed E-state index contributed by atoms with van der Waals surface area (Å²) in [4.78, 5) is 14.9. The van der Waals surface area contributed by atoms with Crippen molar-refractivity contribution in [2.45, 2.75) is 44.1 Å². The van der Waals surface area contributed by atoms with Crippen LogP contribution in [0.3, 0.4) is 0 Å². The fraction of sp³-hybridized carbons (Fsp3) is 0.733. The van der Waals surface area contributed by atoms with E-state index in [4.69, 9.17) is 5.73 Å². The predicted molar refractivity (Wildman–Crippen MR) is 75.0 cm³/mol. The van der Waals surface area contributed by atoms with Crippen molar-refractivity contribution >= 4 is 5.91 Å². The summed E-state index contributed by atoms with van der Waals surface area (Å²) in [5.74, 6) is 1.49. The minimum atomic E-state index is 0.0209. The smallest absolute Gasteiger partial charge is 0.230 e. The minimum Gasteiger partial charge on any atom is -0.342 e. The van der Waals surface area contributed by atoms with E-state index in [1.807, 2.05) is 6.20 Å². The Balaban J connectivity index is 1.52. The Labute approximate surface area is 118 Å². The van der Waals surface area contributed by atoms with Crippen LogP contribution in [0.1, 0.15) is 42.9 Å². The van der Waals surface area contributed by atoms with Gasteiger partial charge in [-0.1, -0.05) is 0 Å². The molecule has 1 aromatic heterocycles. The zero-order valence-electron chi connectivity index (χ0n) is 11.7. The standard InChI is InChI=1S/C15H22N4O/c16-13-5-4-9-7-19(8-12(9)13)15(20)10-2-1-3-14-11(10)6-17-18-14/h6,9-10,12-13H,1-5,7-8,16H2,(H,17,18). The molecule has 20 heavy (non-hydrogen) atoms. The molecule has 0 radical (unpaired) electrons. The molecule has 0 aromatic carbocycles. The highest BCUT2D eigenvalue weighted by atomic mass is 16.2. The number of nitrogens with two attached hydrogens (primary N) is 1. The lowest BCUT2D eigenvalue weighted by atomic mass is 9.86. The van der Waals surface area contributed by atoms with E-state index in [1.54, 1.807) is 0 Å². The molecule has 1 saturated carbocycles. The maximum atomic E-state index is 12.8. The Bertz CT molecular complexity index is 526. The van der Waals surface area contributed by atoms with Gasteiger partial charge in [-0.25, -0.2) is 0 Å². The Kier molecular flexibility index (Phi) is 2.84. The minimum absolute atomic E-state index is 0.0209. The number of carbonyl (C=O) groups is 1. The molecule has 0 spiro atoms. The number of nitrogens with zero attached hydrogens (tertiary/aromatic N) is 2. The summed E-state index contributed by atoms with van der Waals surface area (Å²) in [6.45, 7) is 1.79. The van der Waals surface area contributed by atoms with Crippen molar-refractivity contribution in [1.82, 2.24) is 15.1 Å². The summed E-state index contributed by atoms with van der Waals surface area (Å²) in [7, 11) is 0. The Morgan fingerprint density at radius 3 is 3.10 bits per heavy atom. The van der Waals surface area contributed by atoms with Crippen LogP contribution >= 0.6 is 0 Å². The van der Waals surface area contributed by atoms with E-state index in [-0.39, 0.29) is 5.92 Å². The summed E-state index contributed by atoms with van der Waals surface area (Å²) < 4.78 is 0. The van der Waals surface area contributed by atoms with E-state index in [0.717, 1.165) is 50.0 Å². The average Bonchev–Trinajstić information content (AvgIpc) is 3.14. The number of hydrogen-bond donors (Lipinski definition) is 2. The molecule has 4 atom stereocenters. The third-order valence-electron chi connectivity index (χ3n) is 5.57. The van der Waals surface area contributed by atoms with Gasteiger partial charge >= 0.3 is 0 Å². The van der Waals surface area contributed by atoms with Crippen molar-refractivity contribution in [3.63, 3.8) is 0 Å². The van der Waals surface area contributed by atoms with Crippen LogP contribution in [0.2, 0.25) is 0 Å². The Morgan fingerprint density at radius 2 is 2.25 bits per heavy atom. The fourth-order valence-corrected chi connectivity index (χ4v) is 4.43. The highest BCUT2D eigenvalue weighted by molar-refractivity contribution is 5.84. The largest absolute Gasteiger partial charge is 0.342 e. The van der Waals surface area contributed by atoms with Crippen LogP contribution in [0.15, 0.2) is 6.20 Å². The lowest BCUT2D eigenvalue weighted by molar-refractivity contribution is -0.132. The van der Waals surface area contributed by atoms with Crippen LogP contribution in [0.5, 0.6) is 0 Å². The lowest BCUT2D eigenvalue weighted by Gasteiger charge is -2.27. The molecule has 2 aliphatic carbocycles. The summed E-state index contributed by atoms with van der Waals surface area (Å²) in [5, 5.41) is 7.16. The van der Waals surface area contributed by atoms with E-state index < -0.39 is 0 Å². The third kappa shape index (κ3) is 1.79. The monoisotopic (exact) mass is 274 g/mol. The zero-order valence-corrected chi connectivity index (χ0v) is 11.7. The normalized spacial score (nSPS) is 36.0. The van der Waals surface area contributed by atoms with E-state index in [9.17, 15) is 4.79 Å². The highest BCUT2D eigenvalue weighted by Crippen LogP contribution is 2.39. The van der Waals surface area contributed by atoms with E-state index in [1.165, 1.54) is 6.42 Å². The molecular weight excluding hydrogens is 252 g/mol. The summed E-state index contributed by atoms with van der Waals surface area (Å²) >= 11 is 0. The van der Waals surface area contributed by atoms with Crippen molar-refractivity contribution in [3.05, 3.63) is 17.5 Å². The second kappa shape index (κ2) is 4.58. The predicted octanol–water partition coefficient (Wildman–Crippen LogP) is 1.03. The number of fused-ring (bicyclic) bond motifs is 2. The molecule has 1 saturated heterocycles. The highest BCUT2D eigenvalue weighted by Gasteiger charge is 2.44. The summed E-state index contributed by atoms with van der Waals surface area (Å²) in [5.41, 5.74) is 8.45. The molecular formula is C15H22N4O. The first-order valence-corrected chi connectivity index (χ1v) is 7.80. The maximum Gasteiger partial charge on any atom is 0.230 e. The molecule has 5 nitrogen and oxygen atoms in total. The zero-order chi connectivity index (χ0) is 13.7. The SMILES string of the molecule is NC1CCC2CN(C(=O)C3CCCc4[nH]ncc43)CC12. The van der Waals surface area contributed by atoms with E-state index >= 15 is 0 Å². The molecule has 1 aliphatic heterocycles. The number of hydrogen-bond acceptors (Lipinski definition) is 3. The summed E-state index contributed by atoms with van der Waals surface area (Å²) in [6, 6.07) is 0.300. The number of H-pyrrole nitrogens is 1. The van der Waals surface area contributed by atoms with Gasteiger partial charge in [-0.15, -0.1) is 0 Å². The van der Waals surface area contributed by atoms with Crippen molar-refractivity contribution in [3.8, 4) is 0 Å². The van der Waals surface area contributed by atoms with Gasteiger partial charge < -0.3 is 10.6 Å². The van der Waals surface area contributed by atoms with Crippen molar-refractivity contribution < 1.29 is 4.79 Å². The molecule has 5 heteroatoms. The van der Waals surface area contributed by atoms with Crippen molar-refractivity contribution in [2.75, 3.05) is 13.1 Å². The van der Waals surface area contributed by atoms with Crippen LogP contribution < -0.4 is 5.73 Å². The molecule has 108 valence electrons. The van der Waals surface area contributed by atoms with Crippen molar-refractivity contribution in [1.29, 1.82) is 0 Å². The van der Waals surface area contributed by atoms with Crippen LogP contribution in [-0.2, 0) is 11.2 Å². The second-order valence-corrected chi connectivity index (χ2v) is 6.66. The summed E-state index contributed by atoms with van der Waals surface area (Å²) in [6.07, 6.45) is 7.23. The number of likely N-dealkylation sites (tertiary alicyclic amines) is 1. The van der Waals surface area contributed by atoms with Gasteiger partial charge in [-0.3, -0.25) is 9.89 Å². The Morgan fingerprint density at radius 1 is 1.35 bits per heavy atom. The van der Waals surface area contributed by atoms with Crippen LogP contribution in [0.25, 0.3) is 0 Å². The molecule has 2 heterocycles. The molecule has 3 aliphatic rings. The number of aryl methyl sites for hydroxylation is 1. The average molecular weight is 274 g/mol. The number of aromatic nitrogens is 2. The number of rotatable bonds is 1. The van der Waals surface area contributed by atoms with Crippen molar-refractivity contribution in [2.24, 2.45) is 17.6 Å². The quantitative estimate of drug-likeness (QED) is 0.803. The molecule has 4 rings (SSSR count).